The Labute approximate surface area is 118 Å². The molecule has 3 aromatic rings. The van der Waals surface area contributed by atoms with Crippen molar-refractivity contribution in [3.8, 4) is 17.0 Å². The van der Waals surface area contributed by atoms with Crippen LogP contribution < -0.4 is 4.74 Å². The number of alkyl halides is 3. The highest BCUT2D eigenvalue weighted by atomic mass is 19.4. The van der Waals surface area contributed by atoms with Crippen molar-refractivity contribution in [3.05, 3.63) is 54.4 Å². The average molecular weight is 292 g/mol. The van der Waals surface area contributed by atoms with Crippen LogP contribution in [0.25, 0.3) is 16.9 Å². The maximum absolute atomic E-state index is 12.5. The van der Waals surface area contributed by atoms with Gasteiger partial charge in [-0.1, -0.05) is 12.1 Å². The number of hydrogen-bond acceptors (Lipinski definition) is 2. The Morgan fingerprint density at radius 3 is 2.33 bits per heavy atom. The first-order chi connectivity index (χ1) is 9.97. The van der Waals surface area contributed by atoms with E-state index in [-0.39, 0.29) is 0 Å². The Kier molecular flexibility index (Phi) is 3.08. The highest BCUT2D eigenvalue weighted by molar-refractivity contribution is 5.63. The van der Waals surface area contributed by atoms with Crippen LogP contribution in [0.4, 0.5) is 13.2 Å². The van der Waals surface area contributed by atoms with Gasteiger partial charge in [0.25, 0.3) is 0 Å². The molecule has 0 aliphatic heterocycles. The molecule has 2 heterocycles. The first kappa shape index (κ1) is 13.5. The molecule has 108 valence electrons. The number of methoxy groups -OCH3 is 1. The lowest BCUT2D eigenvalue weighted by Gasteiger charge is -2.06. The molecule has 6 heteroatoms. The fourth-order valence-electron chi connectivity index (χ4n) is 2.06. The second kappa shape index (κ2) is 4.80. The van der Waals surface area contributed by atoms with Gasteiger partial charge in [0, 0.05) is 11.8 Å². The number of hydrogen-bond donors (Lipinski definition) is 0. The highest BCUT2D eigenvalue weighted by Gasteiger charge is 2.30. The second-order valence-corrected chi connectivity index (χ2v) is 4.54. The summed E-state index contributed by atoms with van der Waals surface area (Å²) in [5.74, 6) is 0.680. The first-order valence-electron chi connectivity index (χ1n) is 6.18. The third-order valence-electron chi connectivity index (χ3n) is 3.17. The van der Waals surface area contributed by atoms with E-state index >= 15 is 0 Å². The smallest absolute Gasteiger partial charge is 0.416 e. The number of fused-ring (bicyclic) bond motifs is 1. The van der Waals surface area contributed by atoms with Crippen LogP contribution in [-0.4, -0.2) is 16.5 Å². The maximum atomic E-state index is 12.5. The van der Waals surface area contributed by atoms with Gasteiger partial charge in [-0.05, 0) is 24.3 Å². The fourth-order valence-corrected chi connectivity index (χ4v) is 2.06. The molecule has 0 unspecified atom stereocenters. The normalized spacial score (nSPS) is 11.8. The van der Waals surface area contributed by atoms with Crippen molar-refractivity contribution < 1.29 is 17.9 Å². The van der Waals surface area contributed by atoms with Crippen LogP contribution in [0.1, 0.15) is 5.56 Å². The standard InChI is InChI=1S/C15H11F3N2O/c1-21-12-6-7-14-19-13(9-20(14)8-12)10-2-4-11(5-3-10)15(16,17)18/h2-9H,1H3. The van der Waals surface area contributed by atoms with Crippen molar-refractivity contribution in [1.82, 2.24) is 9.38 Å². The van der Waals surface area contributed by atoms with Crippen molar-refractivity contribution in [1.29, 1.82) is 0 Å². The molecule has 0 aliphatic carbocycles. The quantitative estimate of drug-likeness (QED) is 0.713. The van der Waals surface area contributed by atoms with E-state index in [0.717, 1.165) is 12.1 Å². The second-order valence-electron chi connectivity index (χ2n) is 4.54. The predicted molar refractivity (Wildman–Crippen MR) is 72.2 cm³/mol. The zero-order chi connectivity index (χ0) is 15.0. The third kappa shape index (κ3) is 2.56. The minimum absolute atomic E-state index is 0.608. The molecular formula is C15H11F3N2O. The summed E-state index contributed by atoms with van der Waals surface area (Å²) in [6, 6.07) is 8.51. The van der Waals surface area contributed by atoms with Crippen molar-refractivity contribution in [2.75, 3.05) is 7.11 Å². The van der Waals surface area contributed by atoms with E-state index in [1.807, 2.05) is 0 Å². The number of aromatic nitrogens is 2. The first-order valence-corrected chi connectivity index (χ1v) is 6.18. The molecule has 0 fully saturated rings. The number of halogens is 3. The molecule has 0 radical (unpaired) electrons. The Balaban J connectivity index is 2.00. The summed E-state index contributed by atoms with van der Waals surface area (Å²) in [6.45, 7) is 0. The SMILES string of the molecule is COc1ccc2nc(-c3ccc(C(F)(F)F)cc3)cn2c1. The van der Waals surface area contributed by atoms with E-state index in [1.165, 1.54) is 12.1 Å². The van der Waals surface area contributed by atoms with Gasteiger partial charge in [0.15, 0.2) is 0 Å². The van der Waals surface area contributed by atoms with E-state index in [4.69, 9.17) is 4.74 Å². The number of nitrogens with zero attached hydrogens (tertiary/aromatic N) is 2. The number of imidazole rings is 1. The van der Waals surface area contributed by atoms with Crippen LogP contribution in [0.3, 0.4) is 0 Å². The number of rotatable bonds is 2. The topological polar surface area (TPSA) is 26.5 Å². The number of ether oxygens (including phenoxy) is 1. The molecule has 0 spiro atoms. The average Bonchev–Trinajstić information content (AvgIpc) is 2.89. The van der Waals surface area contributed by atoms with Crippen LogP contribution in [0.2, 0.25) is 0 Å². The molecule has 21 heavy (non-hydrogen) atoms. The molecule has 0 N–H and O–H groups in total. The Bertz CT molecular complexity index is 776. The third-order valence-corrected chi connectivity index (χ3v) is 3.17. The van der Waals surface area contributed by atoms with Crippen molar-refractivity contribution >= 4 is 5.65 Å². The lowest BCUT2D eigenvalue weighted by Crippen LogP contribution is -2.03. The summed E-state index contributed by atoms with van der Waals surface area (Å²) in [4.78, 5) is 4.38. The van der Waals surface area contributed by atoms with E-state index in [2.05, 4.69) is 4.98 Å². The molecule has 0 saturated carbocycles. The highest BCUT2D eigenvalue weighted by Crippen LogP contribution is 2.31. The monoisotopic (exact) mass is 292 g/mol. The summed E-state index contributed by atoms with van der Waals surface area (Å²) in [5.41, 5.74) is 1.27. The molecule has 0 atom stereocenters. The molecule has 0 aliphatic rings. The molecule has 2 aromatic heterocycles. The largest absolute Gasteiger partial charge is 0.495 e. The van der Waals surface area contributed by atoms with Crippen molar-refractivity contribution in [3.63, 3.8) is 0 Å². The molecule has 0 bridgehead atoms. The fraction of sp³-hybridized carbons (Fsp3) is 0.133. The molecular weight excluding hydrogens is 281 g/mol. The lowest BCUT2D eigenvalue weighted by molar-refractivity contribution is -0.137. The summed E-state index contributed by atoms with van der Waals surface area (Å²) >= 11 is 0. The Hall–Kier alpha value is -2.50. The van der Waals surface area contributed by atoms with Crippen LogP contribution in [0, 0.1) is 0 Å². The van der Waals surface area contributed by atoms with Gasteiger partial charge in [-0.25, -0.2) is 4.98 Å². The van der Waals surface area contributed by atoms with Gasteiger partial charge in [0.2, 0.25) is 0 Å². The van der Waals surface area contributed by atoms with Gasteiger partial charge in [-0.2, -0.15) is 13.2 Å². The molecule has 0 amide bonds. The van der Waals surface area contributed by atoms with Gasteiger partial charge in [-0.3, -0.25) is 0 Å². The van der Waals surface area contributed by atoms with Gasteiger partial charge >= 0.3 is 6.18 Å². The van der Waals surface area contributed by atoms with Crippen LogP contribution >= 0.6 is 0 Å². The lowest BCUT2D eigenvalue weighted by atomic mass is 10.1. The van der Waals surface area contributed by atoms with E-state index in [1.54, 1.807) is 36.0 Å². The number of benzene rings is 1. The predicted octanol–water partition coefficient (Wildman–Crippen LogP) is 4.03. The molecule has 0 saturated heterocycles. The Morgan fingerprint density at radius 1 is 1.00 bits per heavy atom. The molecule has 1 aromatic carbocycles. The summed E-state index contributed by atoms with van der Waals surface area (Å²) in [5, 5.41) is 0. The van der Waals surface area contributed by atoms with Crippen LogP contribution in [-0.2, 0) is 6.18 Å². The van der Waals surface area contributed by atoms with E-state index < -0.39 is 11.7 Å². The summed E-state index contributed by atoms with van der Waals surface area (Å²) in [6.07, 6.45) is -0.818. The van der Waals surface area contributed by atoms with Gasteiger partial charge in [-0.15, -0.1) is 0 Å². The number of pyridine rings is 1. The van der Waals surface area contributed by atoms with Crippen LogP contribution in [0.15, 0.2) is 48.8 Å². The molecule has 3 nitrogen and oxygen atoms in total. The van der Waals surface area contributed by atoms with E-state index in [9.17, 15) is 13.2 Å². The maximum Gasteiger partial charge on any atom is 0.416 e. The van der Waals surface area contributed by atoms with Crippen molar-refractivity contribution in [2.24, 2.45) is 0 Å². The summed E-state index contributed by atoms with van der Waals surface area (Å²) in [7, 11) is 1.56. The summed E-state index contributed by atoms with van der Waals surface area (Å²) < 4.78 is 44.5. The van der Waals surface area contributed by atoms with Gasteiger partial charge in [0.05, 0.1) is 24.6 Å². The van der Waals surface area contributed by atoms with Gasteiger partial charge in [0.1, 0.15) is 11.4 Å². The zero-order valence-electron chi connectivity index (χ0n) is 11.1. The minimum Gasteiger partial charge on any atom is -0.495 e. The van der Waals surface area contributed by atoms with Crippen molar-refractivity contribution in [2.45, 2.75) is 6.18 Å². The van der Waals surface area contributed by atoms with Crippen LogP contribution in [0.5, 0.6) is 5.75 Å². The Morgan fingerprint density at radius 2 is 1.71 bits per heavy atom. The zero-order valence-corrected chi connectivity index (χ0v) is 11.1. The van der Waals surface area contributed by atoms with Gasteiger partial charge < -0.3 is 9.14 Å². The van der Waals surface area contributed by atoms with E-state index in [0.29, 0.717) is 22.7 Å². The minimum atomic E-state index is -4.33. The molecule has 3 rings (SSSR count).